The van der Waals surface area contributed by atoms with Gasteiger partial charge in [0.15, 0.2) is 0 Å². The Hall–Kier alpha value is -0.630. The second-order valence-electron chi connectivity index (χ2n) is 2.22. The summed E-state index contributed by atoms with van der Waals surface area (Å²) in [6.07, 6.45) is 1.70. The van der Waals surface area contributed by atoms with Crippen LogP contribution < -0.4 is 0 Å². The summed E-state index contributed by atoms with van der Waals surface area (Å²) >= 11 is 0. The Balaban J connectivity index is 0.000000561. The standard InChI is InChI=1S/C8H10OS.C2H6/c1-7-5-3-4-6-8(7)10(2)9;1-2/h3-6H,1-2H3;1-2H3. The monoisotopic (exact) mass is 184 g/mol. The Labute approximate surface area is 77.3 Å². The first-order chi connectivity index (χ1) is 5.72. The molecule has 0 amide bonds. The Morgan fingerprint density at radius 2 is 1.67 bits per heavy atom. The average Bonchev–Trinajstić information content (AvgIpc) is 2.08. The van der Waals surface area contributed by atoms with E-state index in [9.17, 15) is 4.21 Å². The van der Waals surface area contributed by atoms with Crippen molar-refractivity contribution in [1.82, 2.24) is 0 Å². The predicted octanol–water partition coefficient (Wildman–Crippen LogP) is 2.76. The second kappa shape index (κ2) is 5.95. The first-order valence-electron chi connectivity index (χ1n) is 4.11. The number of benzene rings is 1. The maximum atomic E-state index is 11.0. The normalized spacial score (nSPS) is 11.3. The SMILES string of the molecule is CC.Cc1ccccc1S(C)=O. The maximum absolute atomic E-state index is 11.0. The summed E-state index contributed by atoms with van der Waals surface area (Å²) in [5.74, 6) is 0. The molecule has 0 aliphatic rings. The van der Waals surface area contributed by atoms with Crippen LogP contribution in [0.15, 0.2) is 29.2 Å². The quantitative estimate of drug-likeness (QED) is 0.656. The number of hydrogen-bond acceptors (Lipinski definition) is 1. The molecule has 1 aromatic rings. The van der Waals surface area contributed by atoms with Crippen molar-refractivity contribution in [3.8, 4) is 0 Å². The van der Waals surface area contributed by atoms with Crippen molar-refractivity contribution in [1.29, 1.82) is 0 Å². The molecule has 1 aromatic carbocycles. The third-order valence-corrected chi connectivity index (χ3v) is 2.48. The molecule has 0 aliphatic heterocycles. The van der Waals surface area contributed by atoms with Gasteiger partial charge in [0.25, 0.3) is 0 Å². The van der Waals surface area contributed by atoms with Gasteiger partial charge < -0.3 is 0 Å². The zero-order valence-corrected chi connectivity index (χ0v) is 8.94. The van der Waals surface area contributed by atoms with E-state index < -0.39 is 10.8 Å². The van der Waals surface area contributed by atoms with Gasteiger partial charge in [-0.2, -0.15) is 0 Å². The van der Waals surface area contributed by atoms with Gasteiger partial charge in [-0.3, -0.25) is 4.21 Å². The van der Waals surface area contributed by atoms with Crippen molar-refractivity contribution in [2.45, 2.75) is 25.7 Å². The smallest absolute Gasteiger partial charge is 0.0500 e. The van der Waals surface area contributed by atoms with E-state index in [1.807, 2.05) is 45.0 Å². The summed E-state index contributed by atoms with van der Waals surface area (Å²) in [6.45, 7) is 5.97. The number of rotatable bonds is 1. The molecule has 12 heavy (non-hydrogen) atoms. The minimum atomic E-state index is -0.841. The molecule has 1 atom stereocenters. The first-order valence-corrected chi connectivity index (χ1v) is 5.66. The van der Waals surface area contributed by atoms with Crippen LogP contribution in [0.1, 0.15) is 19.4 Å². The van der Waals surface area contributed by atoms with Crippen LogP contribution in [0.25, 0.3) is 0 Å². The lowest BCUT2D eigenvalue weighted by atomic mass is 10.2. The lowest BCUT2D eigenvalue weighted by Crippen LogP contribution is -1.89. The van der Waals surface area contributed by atoms with Crippen molar-refractivity contribution in [2.24, 2.45) is 0 Å². The number of aryl methyl sites for hydroxylation is 1. The van der Waals surface area contributed by atoms with Crippen LogP contribution in [-0.2, 0) is 10.8 Å². The largest absolute Gasteiger partial charge is 0.255 e. The van der Waals surface area contributed by atoms with Gasteiger partial charge in [0, 0.05) is 11.2 Å². The van der Waals surface area contributed by atoms with Crippen molar-refractivity contribution in [3.63, 3.8) is 0 Å². The molecular weight excluding hydrogens is 168 g/mol. The van der Waals surface area contributed by atoms with Gasteiger partial charge in [0.2, 0.25) is 0 Å². The molecule has 68 valence electrons. The maximum Gasteiger partial charge on any atom is 0.0500 e. The molecule has 0 fully saturated rings. The van der Waals surface area contributed by atoms with Crippen molar-refractivity contribution >= 4 is 10.8 Å². The lowest BCUT2D eigenvalue weighted by molar-refractivity contribution is 0.686. The fraction of sp³-hybridized carbons (Fsp3) is 0.400. The molecule has 0 aliphatic carbocycles. The third kappa shape index (κ3) is 3.18. The predicted molar refractivity (Wildman–Crippen MR) is 54.9 cm³/mol. The molecule has 0 radical (unpaired) electrons. The summed E-state index contributed by atoms with van der Waals surface area (Å²) in [4.78, 5) is 0.933. The Morgan fingerprint density at radius 3 is 2.00 bits per heavy atom. The minimum Gasteiger partial charge on any atom is -0.255 e. The van der Waals surface area contributed by atoms with Gasteiger partial charge in [-0.1, -0.05) is 32.0 Å². The molecule has 0 heterocycles. The molecule has 0 bridgehead atoms. The Bertz CT molecular complexity index is 256. The van der Waals surface area contributed by atoms with Crippen molar-refractivity contribution in [3.05, 3.63) is 29.8 Å². The highest BCUT2D eigenvalue weighted by molar-refractivity contribution is 7.84. The zero-order chi connectivity index (χ0) is 9.56. The highest BCUT2D eigenvalue weighted by Gasteiger charge is 1.98. The van der Waals surface area contributed by atoms with Crippen LogP contribution in [0.5, 0.6) is 0 Å². The van der Waals surface area contributed by atoms with Gasteiger partial charge in [0.05, 0.1) is 10.8 Å². The van der Waals surface area contributed by atoms with E-state index in [1.165, 1.54) is 0 Å². The number of hydrogen-bond donors (Lipinski definition) is 0. The van der Waals surface area contributed by atoms with E-state index in [0.717, 1.165) is 10.5 Å². The summed E-state index contributed by atoms with van der Waals surface area (Å²) < 4.78 is 11.0. The van der Waals surface area contributed by atoms with E-state index in [0.29, 0.717) is 0 Å². The van der Waals surface area contributed by atoms with E-state index in [4.69, 9.17) is 0 Å². The molecule has 1 rings (SSSR count). The van der Waals surface area contributed by atoms with Crippen LogP contribution in [0.4, 0.5) is 0 Å². The van der Waals surface area contributed by atoms with E-state index >= 15 is 0 Å². The van der Waals surface area contributed by atoms with Crippen LogP contribution in [0.3, 0.4) is 0 Å². The third-order valence-electron chi connectivity index (χ3n) is 1.40. The molecule has 1 unspecified atom stereocenters. The second-order valence-corrected chi connectivity index (χ2v) is 3.57. The van der Waals surface area contributed by atoms with Gasteiger partial charge in [-0.25, -0.2) is 0 Å². The highest BCUT2D eigenvalue weighted by atomic mass is 32.2. The summed E-state index contributed by atoms with van der Waals surface area (Å²) in [5, 5.41) is 0. The topological polar surface area (TPSA) is 17.1 Å². The lowest BCUT2D eigenvalue weighted by Gasteiger charge is -1.98. The highest BCUT2D eigenvalue weighted by Crippen LogP contribution is 2.09. The van der Waals surface area contributed by atoms with Gasteiger partial charge in [-0.15, -0.1) is 0 Å². The molecule has 0 spiro atoms. The fourth-order valence-corrected chi connectivity index (χ4v) is 1.67. The zero-order valence-electron chi connectivity index (χ0n) is 8.13. The van der Waals surface area contributed by atoms with E-state index in [1.54, 1.807) is 6.26 Å². The van der Waals surface area contributed by atoms with Gasteiger partial charge >= 0.3 is 0 Å². The van der Waals surface area contributed by atoms with Crippen molar-refractivity contribution in [2.75, 3.05) is 6.26 Å². The molecule has 0 saturated carbocycles. The van der Waals surface area contributed by atoms with Crippen molar-refractivity contribution < 1.29 is 4.21 Å². The Morgan fingerprint density at radius 1 is 1.17 bits per heavy atom. The molecule has 0 aromatic heterocycles. The first kappa shape index (κ1) is 11.4. The molecule has 0 N–H and O–H groups in total. The van der Waals surface area contributed by atoms with Crippen LogP contribution >= 0.6 is 0 Å². The molecule has 2 heteroatoms. The van der Waals surface area contributed by atoms with Crippen LogP contribution in [0.2, 0.25) is 0 Å². The summed E-state index contributed by atoms with van der Waals surface area (Å²) in [6, 6.07) is 7.72. The van der Waals surface area contributed by atoms with Gasteiger partial charge in [0.1, 0.15) is 0 Å². The summed E-state index contributed by atoms with van der Waals surface area (Å²) in [7, 11) is -0.841. The molecular formula is C10H16OS. The van der Waals surface area contributed by atoms with Gasteiger partial charge in [-0.05, 0) is 18.6 Å². The fourth-order valence-electron chi connectivity index (χ4n) is 0.879. The van der Waals surface area contributed by atoms with Crippen LogP contribution in [-0.4, -0.2) is 10.5 Å². The van der Waals surface area contributed by atoms with E-state index in [2.05, 4.69) is 0 Å². The Kier molecular flexibility index (Phi) is 5.64. The van der Waals surface area contributed by atoms with Crippen LogP contribution in [0, 0.1) is 6.92 Å². The minimum absolute atomic E-state index is 0.841. The molecule has 0 saturated heterocycles. The summed E-state index contributed by atoms with van der Waals surface area (Å²) in [5.41, 5.74) is 1.10. The van der Waals surface area contributed by atoms with E-state index in [-0.39, 0.29) is 0 Å². The molecule has 1 nitrogen and oxygen atoms in total. The average molecular weight is 184 g/mol.